The van der Waals surface area contributed by atoms with Crippen LogP contribution in [0.1, 0.15) is 32.6 Å². The zero-order valence-electron chi connectivity index (χ0n) is 13.0. The van der Waals surface area contributed by atoms with Gasteiger partial charge in [-0.05, 0) is 48.7 Å². The molecular formula is C15H20N4O4. The molecule has 23 heavy (non-hydrogen) atoms. The van der Waals surface area contributed by atoms with E-state index in [1.807, 2.05) is 0 Å². The average molecular weight is 320 g/mol. The molecule has 0 spiro atoms. The van der Waals surface area contributed by atoms with Crippen LogP contribution in [0.4, 0.5) is 11.6 Å². The summed E-state index contributed by atoms with van der Waals surface area (Å²) in [5, 5.41) is 14.4. The minimum Gasteiger partial charge on any atom is -0.475 e. The van der Waals surface area contributed by atoms with Gasteiger partial charge in [0.1, 0.15) is 0 Å². The van der Waals surface area contributed by atoms with Gasteiger partial charge in [0.05, 0.1) is 0 Å². The number of nitrogens with one attached hydrogen (secondary N) is 1. The number of ether oxygens (including phenoxy) is 1. The summed E-state index contributed by atoms with van der Waals surface area (Å²) in [4.78, 5) is 28.3. The lowest BCUT2D eigenvalue weighted by Crippen LogP contribution is -2.47. The minimum absolute atomic E-state index is 0.207. The second-order valence-corrected chi connectivity index (χ2v) is 5.93. The van der Waals surface area contributed by atoms with E-state index in [0.29, 0.717) is 18.3 Å². The van der Waals surface area contributed by atoms with Crippen LogP contribution >= 0.6 is 0 Å². The molecule has 3 heterocycles. The van der Waals surface area contributed by atoms with Crippen molar-refractivity contribution in [3.05, 3.63) is 22.2 Å². The second kappa shape index (κ2) is 6.49. The van der Waals surface area contributed by atoms with Gasteiger partial charge in [-0.15, -0.1) is 0 Å². The summed E-state index contributed by atoms with van der Waals surface area (Å²) in [6, 6.07) is 3.18. The first-order valence-electron chi connectivity index (χ1n) is 7.93. The molecule has 0 aliphatic carbocycles. The molecule has 8 nitrogen and oxygen atoms in total. The van der Waals surface area contributed by atoms with Crippen molar-refractivity contribution < 1.29 is 14.5 Å². The van der Waals surface area contributed by atoms with Crippen LogP contribution in [0.15, 0.2) is 12.1 Å². The second-order valence-electron chi connectivity index (χ2n) is 5.93. The van der Waals surface area contributed by atoms with Gasteiger partial charge in [-0.3, -0.25) is 9.69 Å². The highest BCUT2D eigenvalue weighted by molar-refractivity contribution is 5.98. The number of rotatable bonds is 4. The third kappa shape index (κ3) is 3.26. The molecule has 124 valence electrons. The number of hydrogen-bond acceptors (Lipinski definition) is 6. The number of hydrogen-bond donors (Lipinski definition) is 1. The maximum atomic E-state index is 12.4. The van der Waals surface area contributed by atoms with Crippen molar-refractivity contribution in [3.8, 4) is 5.75 Å². The number of pyridine rings is 1. The van der Waals surface area contributed by atoms with E-state index in [1.54, 1.807) is 6.92 Å². The van der Waals surface area contributed by atoms with Gasteiger partial charge in [-0.1, -0.05) is 6.42 Å². The Kier molecular flexibility index (Phi) is 4.42. The Balaban J connectivity index is 1.81. The molecule has 2 unspecified atom stereocenters. The summed E-state index contributed by atoms with van der Waals surface area (Å²) in [6.07, 6.45) is 3.64. The zero-order valence-corrected chi connectivity index (χ0v) is 13.0. The predicted molar refractivity (Wildman–Crippen MR) is 83.6 cm³/mol. The molecule has 1 N–H and O–H groups in total. The quantitative estimate of drug-likeness (QED) is 0.669. The molecule has 2 aliphatic heterocycles. The van der Waals surface area contributed by atoms with Crippen molar-refractivity contribution in [1.82, 2.24) is 10.3 Å². The number of fused-ring (bicyclic) bond motifs is 1. The topological polar surface area (TPSA) is 97.6 Å². The third-order valence-electron chi connectivity index (χ3n) is 4.30. The van der Waals surface area contributed by atoms with Gasteiger partial charge >= 0.3 is 5.82 Å². The maximum Gasteiger partial charge on any atom is 0.366 e. The number of aromatic nitrogens is 1. The van der Waals surface area contributed by atoms with Gasteiger partial charge in [0.15, 0.2) is 11.9 Å². The number of carbonyl (C=O) groups excluding carboxylic acids is 1. The summed E-state index contributed by atoms with van der Waals surface area (Å²) < 4.78 is 5.51. The van der Waals surface area contributed by atoms with Crippen molar-refractivity contribution in [2.75, 3.05) is 18.0 Å². The Morgan fingerprint density at radius 3 is 3.00 bits per heavy atom. The fraction of sp³-hybridized carbons (Fsp3) is 0.600. The van der Waals surface area contributed by atoms with E-state index in [4.69, 9.17) is 4.74 Å². The first-order chi connectivity index (χ1) is 11.1. The van der Waals surface area contributed by atoms with Crippen molar-refractivity contribution in [2.45, 2.75) is 44.8 Å². The highest BCUT2D eigenvalue weighted by Crippen LogP contribution is 2.34. The molecule has 0 aromatic carbocycles. The van der Waals surface area contributed by atoms with Crippen LogP contribution in [0.25, 0.3) is 0 Å². The van der Waals surface area contributed by atoms with Crippen LogP contribution < -0.4 is 15.0 Å². The molecule has 0 saturated carbocycles. The Labute approximate surface area is 134 Å². The number of nitro groups is 1. The summed E-state index contributed by atoms with van der Waals surface area (Å²) >= 11 is 0. The molecule has 1 saturated heterocycles. The first-order valence-corrected chi connectivity index (χ1v) is 7.93. The summed E-state index contributed by atoms with van der Waals surface area (Å²) in [7, 11) is 0. The Morgan fingerprint density at radius 2 is 2.30 bits per heavy atom. The molecule has 1 aromatic rings. The van der Waals surface area contributed by atoms with Gasteiger partial charge in [0.2, 0.25) is 0 Å². The zero-order chi connectivity index (χ0) is 16.4. The molecule has 2 atom stereocenters. The van der Waals surface area contributed by atoms with Gasteiger partial charge in [-0.2, -0.15) is 0 Å². The van der Waals surface area contributed by atoms with E-state index in [2.05, 4.69) is 10.3 Å². The van der Waals surface area contributed by atoms with Crippen LogP contribution in [0, 0.1) is 10.1 Å². The highest BCUT2D eigenvalue weighted by Gasteiger charge is 2.36. The van der Waals surface area contributed by atoms with E-state index < -0.39 is 11.0 Å². The van der Waals surface area contributed by atoms with Crippen LogP contribution in [-0.4, -0.2) is 41.0 Å². The minimum atomic E-state index is -0.606. The van der Waals surface area contributed by atoms with Gasteiger partial charge in [-0.25, -0.2) is 0 Å². The SMILES string of the molecule is CC1Oc2ccc([N+](=O)[O-])nc2N(CCC2CCCCN2)C1=O. The normalized spacial score (nSPS) is 24.0. The molecule has 1 aromatic heterocycles. The average Bonchev–Trinajstić information content (AvgIpc) is 2.56. The fourth-order valence-electron chi connectivity index (χ4n) is 3.05. The fourth-order valence-corrected chi connectivity index (χ4v) is 3.05. The van der Waals surface area contributed by atoms with E-state index in [9.17, 15) is 14.9 Å². The maximum absolute atomic E-state index is 12.4. The van der Waals surface area contributed by atoms with E-state index >= 15 is 0 Å². The van der Waals surface area contributed by atoms with E-state index in [1.165, 1.54) is 29.9 Å². The molecule has 0 bridgehead atoms. The van der Waals surface area contributed by atoms with Gasteiger partial charge in [0, 0.05) is 18.7 Å². The standard InChI is InChI=1S/C15H20N4O4/c1-10-15(20)18(9-7-11-4-2-3-8-16-11)14-12(23-10)5-6-13(17-14)19(21)22/h5-6,10-11,16H,2-4,7-9H2,1H3. The van der Waals surface area contributed by atoms with Crippen molar-refractivity contribution in [1.29, 1.82) is 0 Å². The van der Waals surface area contributed by atoms with Crippen LogP contribution in [-0.2, 0) is 4.79 Å². The Bertz CT molecular complexity index is 615. The predicted octanol–water partition coefficient (Wildman–Crippen LogP) is 1.64. The lowest BCUT2D eigenvalue weighted by molar-refractivity contribution is -0.389. The lowest BCUT2D eigenvalue weighted by Gasteiger charge is -2.31. The van der Waals surface area contributed by atoms with Crippen molar-refractivity contribution in [3.63, 3.8) is 0 Å². The Hall–Kier alpha value is -2.22. The Morgan fingerprint density at radius 1 is 1.48 bits per heavy atom. The van der Waals surface area contributed by atoms with E-state index in [0.717, 1.165) is 19.4 Å². The number of anilines is 1. The molecule has 2 aliphatic rings. The number of amides is 1. The third-order valence-corrected chi connectivity index (χ3v) is 4.30. The molecule has 0 radical (unpaired) electrons. The summed E-state index contributed by atoms with van der Waals surface area (Å²) in [6.45, 7) is 3.16. The molecule has 1 fully saturated rings. The number of nitrogens with zero attached hydrogens (tertiary/aromatic N) is 3. The van der Waals surface area contributed by atoms with Crippen molar-refractivity contribution >= 4 is 17.5 Å². The van der Waals surface area contributed by atoms with Crippen LogP contribution in [0.5, 0.6) is 5.75 Å². The largest absolute Gasteiger partial charge is 0.475 e. The molecule has 1 amide bonds. The number of piperidine rings is 1. The first kappa shape index (κ1) is 15.7. The van der Waals surface area contributed by atoms with Crippen LogP contribution in [0.3, 0.4) is 0 Å². The summed E-state index contributed by atoms with van der Waals surface area (Å²) in [5.41, 5.74) is 0. The smallest absolute Gasteiger partial charge is 0.366 e. The highest BCUT2D eigenvalue weighted by atomic mass is 16.6. The monoisotopic (exact) mass is 320 g/mol. The molecular weight excluding hydrogens is 300 g/mol. The molecule has 3 rings (SSSR count). The number of carbonyl (C=O) groups is 1. The van der Waals surface area contributed by atoms with Crippen LogP contribution in [0.2, 0.25) is 0 Å². The molecule has 8 heteroatoms. The van der Waals surface area contributed by atoms with Crippen molar-refractivity contribution in [2.24, 2.45) is 0 Å². The lowest BCUT2D eigenvalue weighted by atomic mass is 10.0. The van der Waals surface area contributed by atoms with E-state index in [-0.39, 0.29) is 17.5 Å². The van der Waals surface area contributed by atoms with Gasteiger partial charge in [0.25, 0.3) is 11.7 Å². The summed E-state index contributed by atoms with van der Waals surface area (Å²) in [5.74, 6) is 0.175. The van der Waals surface area contributed by atoms with Gasteiger partial charge < -0.3 is 20.2 Å².